The fourth-order valence-corrected chi connectivity index (χ4v) is 1.56. The van der Waals surface area contributed by atoms with E-state index < -0.39 is 0 Å². The molecule has 0 fully saturated rings. The van der Waals surface area contributed by atoms with Crippen LogP contribution in [0.25, 0.3) is 0 Å². The quantitative estimate of drug-likeness (QED) is 0.554. The van der Waals surface area contributed by atoms with Crippen molar-refractivity contribution >= 4 is 12.6 Å². The van der Waals surface area contributed by atoms with Crippen molar-refractivity contribution in [1.82, 2.24) is 9.88 Å². The van der Waals surface area contributed by atoms with Gasteiger partial charge in [0.15, 0.2) is 0 Å². The van der Waals surface area contributed by atoms with Crippen LogP contribution < -0.4 is 0 Å². The van der Waals surface area contributed by atoms with E-state index in [-0.39, 0.29) is 0 Å². The number of hydrogen-bond donors (Lipinski definition) is 1. The zero-order chi connectivity index (χ0) is 11.6. The summed E-state index contributed by atoms with van der Waals surface area (Å²) in [5.74, 6) is 0.784. The van der Waals surface area contributed by atoms with Gasteiger partial charge >= 0.3 is 0 Å². The molecule has 0 saturated carbocycles. The van der Waals surface area contributed by atoms with E-state index in [1.165, 1.54) is 0 Å². The van der Waals surface area contributed by atoms with Crippen molar-refractivity contribution in [2.75, 3.05) is 32.1 Å². The molecule has 4 heteroatoms. The van der Waals surface area contributed by atoms with Gasteiger partial charge in [0.05, 0.1) is 18.9 Å². The maximum Gasteiger partial charge on any atom is 0.0593 e. The van der Waals surface area contributed by atoms with Gasteiger partial charge in [0.25, 0.3) is 0 Å². The van der Waals surface area contributed by atoms with E-state index in [1.807, 2.05) is 18.3 Å². The van der Waals surface area contributed by atoms with Crippen molar-refractivity contribution in [3.8, 4) is 0 Å². The summed E-state index contributed by atoms with van der Waals surface area (Å²) in [6.45, 7) is 6.50. The number of nitrogens with zero attached hydrogens (tertiary/aromatic N) is 2. The molecule has 0 saturated heterocycles. The molecule has 0 N–H and O–H groups in total. The first-order chi connectivity index (χ1) is 7.86. The number of rotatable bonds is 8. The van der Waals surface area contributed by atoms with E-state index in [0.717, 1.165) is 44.3 Å². The lowest BCUT2D eigenvalue weighted by molar-refractivity contribution is 0.114. The predicted molar refractivity (Wildman–Crippen MR) is 69.9 cm³/mol. The highest BCUT2D eigenvalue weighted by Crippen LogP contribution is 2.00. The molecule has 1 aromatic rings. The number of hydrogen-bond acceptors (Lipinski definition) is 4. The Labute approximate surface area is 103 Å². The Morgan fingerprint density at radius 1 is 1.38 bits per heavy atom. The number of ether oxygens (including phenoxy) is 1. The monoisotopic (exact) mass is 240 g/mol. The van der Waals surface area contributed by atoms with Gasteiger partial charge < -0.3 is 4.74 Å². The Hall–Kier alpha value is -0.580. The van der Waals surface area contributed by atoms with Crippen molar-refractivity contribution in [3.63, 3.8) is 0 Å². The van der Waals surface area contributed by atoms with Crippen LogP contribution in [0.2, 0.25) is 0 Å². The van der Waals surface area contributed by atoms with Crippen molar-refractivity contribution in [3.05, 3.63) is 30.1 Å². The second-order valence-corrected chi connectivity index (χ2v) is 3.97. The predicted octanol–water partition coefficient (Wildman–Crippen LogP) is 1.85. The van der Waals surface area contributed by atoms with Crippen LogP contribution in [0.3, 0.4) is 0 Å². The van der Waals surface area contributed by atoms with Crippen molar-refractivity contribution < 1.29 is 4.74 Å². The molecule has 0 unspecified atom stereocenters. The van der Waals surface area contributed by atoms with E-state index in [4.69, 9.17) is 4.74 Å². The SMILES string of the molecule is CCN(CCOCCS)Cc1ccccn1. The first-order valence-electron chi connectivity index (χ1n) is 5.67. The zero-order valence-corrected chi connectivity index (χ0v) is 10.7. The van der Waals surface area contributed by atoms with Gasteiger partial charge in [-0.15, -0.1) is 0 Å². The Morgan fingerprint density at radius 2 is 2.25 bits per heavy atom. The molecule has 0 aromatic carbocycles. The molecule has 0 amide bonds. The molecular weight excluding hydrogens is 220 g/mol. The molecule has 1 aromatic heterocycles. The summed E-state index contributed by atoms with van der Waals surface area (Å²) < 4.78 is 5.41. The maximum atomic E-state index is 5.41. The summed E-state index contributed by atoms with van der Waals surface area (Å²) >= 11 is 4.10. The largest absolute Gasteiger partial charge is 0.379 e. The highest BCUT2D eigenvalue weighted by atomic mass is 32.1. The highest BCUT2D eigenvalue weighted by molar-refractivity contribution is 7.80. The summed E-state index contributed by atoms with van der Waals surface area (Å²) in [6, 6.07) is 6.01. The van der Waals surface area contributed by atoms with Gasteiger partial charge in [0, 0.05) is 25.0 Å². The Balaban J connectivity index is 2.26. The number of aromatic nitrogens is 1. The Kier molecular flexibility index (Phi) is 7.21. The fraction of sp³-hybridized carbons (Fsp3) is 0.583. The summed E-state index contributed by atoms with van der Waals surface area (Å²) in [6.07, 6.45) is 1.83. The topological polar surface area (TPSA) is 25.4 Å². The lowest BCUT2D eigenvalue weighted by Gasteiger charge is -2.19. The lowest BCUT2D eigenvalue weighted by Crippen LogP contribution is -2.27. The minimum atomic E-state index is 0.726. The van der Waals surface area contributed by atoms with E-state index >= 15 is 0 Å². The third-order valence-corrected chi connectivity index (χ3v) is 2.53. The normalized spacial score (nSPS) is 10.9. The second kappa shape index (κ2) is 8.56. The molecule has 0 atom stereocenters. The van der Waals surface area contributed by atoms with Crippen LogP contribution in [-0.2, 0) is 11.3 Å². The molecule has 3 nitrogen and oxygen atoms in total. The van der Waals surface area contributed by atoms with Crippen molar-refractivity contribution in [1.29, 1.82) is 0 Å². The molecule has 0 aliphatic rings. The van der Waals surface area contributed by atoms with E-state index in [0.29, 0.717) is 0 Å². The minimum Gasteiger partial charge on any atom is -0.379 e. The second-order valence-electron chi connectivity index (χ2n) is 3.53. The molecule has 1 heterocycles. The van der Waals surface area contributed by atoms with Crippen molar-refractivity contribution in [2.24, 2.45) is 0 Å². The van der Waals surface area contributed by atoms with Crippen LogP contribution in [0.4, 0.5) is 0 Å². The van der Waals surface area contributed by atoms with Gasteiger partial charge in [-0.1, -0.05) is 13.0 Å². The summed E-state index contributed by atoms with van der Waals surface area (Å²) in [7, 11) is 0. The molecular formula is C12H20N2OS. The molecule has 0 bridgehead atoms. The summed E-state index contributed by atoms with van der Waals surface area (Å²) in [4.78, 5) is 6.64. The average molecular weight is 240 g/mol. The molecule has 0 aliphatic heterocycles. The van der Waals surface area contributed by atoms with Gasteiger partial charge in [-0.2, -0.15) is 12.6 Å². The zero-order valence-electron chi connectivity index (χ0n) is 9.80. The first-order valence-corrected chi connectivity index (χ1v) is 6.31. The Morgan fingerprint density at radius 3 is 2.88 bits per heavy atom. The van der Waals surface area contributed by atoms with Gasteiger partial charge in [0.2, 0.25) is 0 Å². The Bertz CT molecular complexity index is 269. The summed E-state index contributed by atoms with van der Waals surface area (Å²) in [5.41, 5.74) is 1.11. The molecule has 1 rings (SSSR count). The van der Waals surface area contributed by atoms with Crippen LogP contribution in [0.15, 0.2) is 24.4 Å². The smallest absolute Gasteiger partial charge is 0.0593 e. The summed E-state index contributed by atoms with van der Waals surface area (Å²) in [5, 5.41) is 0. The number of thiol groups is 1. The lowest BCUT2D eigenvalue weighted by atomic mass is 10.3. The molecule has 90 valence electrons. The third kappa shape index (κ3) is 5.49. The van der Waals surface area contributed by atoms with Gasteiger partial charge in [0.1, 0.15) is 0 Å². The molecule has 16 heavy (non-hydrogen) atoms. The van der Waals surface area contributed by atoms with Gasteiger partial charge in [-0.25, -0.2) is 0 Å². The first kappa shape index (κ1) is 13.5. The maximum absolute atomic E-state index is 5.41. The molecule has 0 spiro atoms. The molecule has 0 aliphatic carbocycles. The van der Waals surface area contributed by atoms with Crippen LogP contribution in [0.1, 0.15) is 12.6 Å². The van der Waals surface area contributed by atoms with E-state index in [9.17, 15) is 0 Å². The highest BCUT2D eigenvalue weighted by Gasteiger charge is 2.03. The van der Waals surface area contributed by atoms with Crippen LogP contribution in [0.5, 0.6) is 0 Å². The average Bonchev–Trinajstić information content (AvgIpc) is 2.34. The van der Waals surface area contributed by atoms with Crippen LogP contribution in [0, 0.1) is 0 Å². The standard InChI is InChI=1S/C12H20N2OS/c1-2-14(7-8-15-9-10-16)11-12-5-3-4-6-13-12/h3-6,16H,2,7-11H2,1H3. The van der Waals surface area contributed by atoms with Crippen molar-refractivity contribution in [2.45, 2.75) is 13.5 Å². The minimum absolute atomic E-state index is 0.726. The van der Waals surface area contributed by atoms with Gasteiger partial charge in [-0.3, -0.25) is 9.88 Å². The van der Waals surface area contributed by atoms with Gasteiger partial charge in [-0.05, 0) is 18.7 Å². The number of pyridine rings is 1. The van der Waals surface area contributed by atoms with E-state index in [2.05, 4.69) is 35.5 Å². The molecule has 0 radical (unpaired) electrons. The van der Waals surface area contributed by atoms with E-state index in [1.54, 1.807) is 0 Å². The number of likely N-dealkylation sites (N-methyl/N-ethyl adjacent to an activating group) is 1. The van der Waals surface area contributed by atoms with Crippen LogP contribution >= 0.6 is 12.6 Å². The fourth-order valence-electron chi connectivity index (χ4n) is 1.43. The van der Waals surface area contributed by atoms with Crippen LogP contribution in [-0.4, -0.2) is 41.9 Å². The third-order valence-electron chi connectivity index (χ3n) is 2.35.